The van der Waals surface area contributed by atoms with E-state index in [9.17, 15) is 10.1 Å². The summed E-state index contributed by atoms with van der Waals surface area (Å²) in [5.41, 5.74) is 0.141. The van der Waals surface area contributed by atoms with Gasteiger partial charge in [0, 0.05) is 5.02 Å². The van der Waals surface area contributed by atoms with Crippen molar-refractivity contribution in [2.24, 2.45) is 0 Å². The molecule has 1 atom stereocenters. The number of hydrogen-bond donors (Lipinski definition) is 1. The van der Waals surface area contributed by atoms with E-state index in [1.807, 2.05) is 6.92 Å². The van der Waals surface area contributed by atoms with E-state index in [1.165, 1.54) is 0 Å². The summed E-state index contributed by atoms with van der Waals surface area (Å²) in [4.78, 5) is 12.3. The second-order valence-corrected chi connectivity index (χ2v) is 6.35. The normalized spacial score (nSPS) is 18.1. The predicted molar refractivity (Wildman–Crippen MR) is 85.9 cm³/mol. The van der Waals surface area contributed by atoms with Crippen LogP contribution in [-0.4, -0.2) is 17.6 Å². The van der Waals surface area contributed by atoms with Gasteiger partial charge in [-0.15, -0.1) is 0 Å². The highest BCUT2D eigenvalue weighted by Crippen LogP contribution is 2.28. The summed E-state index contributed by atoms with van der Waals surface area (Å²) in [5, 5.41) is 12.9. The summed E-state index contributed by atoms with van der Waals surface area (Å²) < 4.78 is 5.71. The van der Waals surface area contributed by atoms with Gasteiger partial charge in [0.1, 0.15) is 11.3 Å². The van der Waals surface area contributed by atoms with E-state index < -0.39 is 11.6 Å². The molecule has 118 valence electrons. The number of halogens is 1. The molecule has 1 aliphatic rings. The zero-order valence-electron chi connectivity index (χ0n) is 13.0. The summed E-state index contributed by atoms with van der Waals surface area (Å²) in [6.45, 7) is 3.57. The molecule has 0 saturated heterocycles. The van der Waals surface area contributed by atoms with Gasteiger partial charge in [-0.05, 0) is 50.5 Å². The first-order valence-electron chi connectivity index (χ1n) is 7.62. The summed E-state index contributed by atoms with van der Waals surface area (Å²) in [7, 11) is 0. The third kappa shape index (κ3) is 3.92. The monoisotopic (exact) mass is 320 g/mol. The number of amides is 1. The van der Waals surface area contributed by atoms with Gasteiger partial charge in [0.05, 0.1) is 6.07 Å². The molecule has 1 amide bonds. The first-order valence-corrected chi connectivity index (χ1v) is 8.00. The average Bonchev–Trinajstić information content (AvgIpc) is 2.51. The number of nitriles is 1. The van der Waals surface area contributed by atoms with Crippen molar-refractivity contribution in [3.63, 3.8) is 0 Å². The van der Waals surface area contributed by atoms with Crippen molar-refractivity contribution in [1.29, 1.82) is 5.26 Å². The van der Waals surface area contributed by atoms with Crippen molar-refractivity contribution in [2.75, 3.05) is 0 Å². The Morgan fingerprint density at radius 2 is 2.09 bits per heavy atom. The van der Waals surface area contributed by atoms with E-state index >= 15 is 0 Å². The quantitative estimate of drug-likeness (QED) is 0.918. The topological polar surface area (TPSA) is 62.1 Å². The third-order valence-corrected chi connectivity index (χ3v) is 4.33. The number of rotatable bonds is 4. The molecule has 0 aromatic heterocycles. The molecule has 1 unspecified atom stereocenters. The Kier molecular flexibility index (Phi) is 5.31. The molecular formula is C17H21ClN2O2. The number of carbonyl (C=O) groups is 1. The molecule has 0 radical (unpaired) electrons. The summed E-state index contributed by atoms with van der Waals surface area (Å²) in [6, 6.07) is 7.55. The van der Waals surface area contributed by atoms with Crippen LogP contribution in [0.1, 0.15) is 44.6 Å². The number of ether oxygens (including phenoxy) is 1. The van der Waals surface area contributed by atoms with Gasteiger partial charge in [-0.1, -0.05) is 30.9 Å². The highest BCUT2D eigenvalue weighted by atomic mass is 35.5. The highest BCUT2D eigenvalue weighted by Gasteiger charge is 2.35. The summed E-state index contributed by atoms with van der Waals surface area (Å²) >= 11 is 5.91. The minimum Gasteiger partial charge on any atom is -0.481 e. The lowest BCUT2D eigenvalue weighted by Crippen LogP contribution is -2.52. The summed E-state index contributed by atoms with van der Waals surface area (Å²) in [6.07, 6.45) is 3.82. The van der Waals surface area contributed by atoms with Crippen molar-refractivity contribution in [1.82, 2.24) is 5.32 Å². The van der Waals surface area contributed by atoms with E-state index in [0.717, 1.165) is 24.8 Å². The first kappa shape index (κ1) is 16.6. The van der Waals surface area contributed by atoms with Crippen LogP contribution in [0.2, 0.25) is 5.02 Å². The van der Waals surface area contributed by atoms with Crippen molar-refractivity contribution < 1.29 is 9.53 Å². The minimum atomic E-state index is -0.734. The number of hydrogen-bond acceptors (Lipinski definition) is 3. The van der Waals surface area contributed by atoms with Crippen LogP contribution < -0.4 is 10.1 Å². The molecule has 2 rings (SSSR count). The van der Waals surface area contributed by atoms with E-state index in [-0.39, 0.29) is 5.91 Å². The van der Waals surface area contributed by atoms with Crippen molar-refractivity contribution in [3.05, 3.63) is 28.8 Å². The van der Waals surface area contributed by atoms with Gasteiger partial charge in [-0.3, -0.25) is 4.79 Å². The van der Waals surface area contributed by atoms with E-state index in [4.69, 9.17) is 16.3 Å². The molecule has 0 heterocycles. The fourth-order valence-electron chi connectivity index (χ4n) is 2.75. The van der Waals surface area contributed by atoms with Crippen LogP contribution in [0.15, 0.2) is 18.2 Å². The summed E-state index contributed by atoms with van der Waals surface area (Å²) in [5.74, 6) is 0.375. The standard InChI is InChI=1S/C17H21ClN2O2/c1-12-10-14(18)6-7-15(12)22-13(2)16(21)20-17(11-19)8-4-3-5-9-17/h6-7,10,13H,3-5,8-9H2,1-2H3,(H,20,21). The molecule has 0 bridgehead atoms. The lowest BCUT2D eigenvalue weighted by Gasteiger charge is -2.32. The van der Waals surface area contributed by atoms with Crippen LogP contribution in [0.4, 0.5) is 0 Å². The highest BCUT2D eigenvalue weighted by molar-refractivity contribution is 6.30. The first-order chi connectivity index (χ1) is 10.5. The Hall–Kier alpha value is -1.73. The maximum Gasteiger partial charge on any atom is 0.262 e. The molecule has 1 aliphatic carbocycles. The van der Waals surface area contributed by atoms with Crippen molar-refractivity contribution in [2.45, 2.75) is 57.6 Å². The zero-order valence-corrected chi connectivity index (χ0v) is 13.7. The van der Waals surface area contributed by atoms with Crippen LogP contribution in [0, 0.1) is 18.3 Å². The fourth-order valence-corrected chi connectivity index (χ4v) is 2.97. The Labute approximate surface area is 136 Å². The third-order valence-electron chi connectivity index (χ3n) is 4.09. The second kappa shape index (κ2) is 7.02. The van der Waals surface area contributed by atoms with E-state index in [0.29, 0.717) is 23.6 Å². The molecular weight excluding hydrogens is 300 g/mol. The minimum absolute atomic E-state index is 0.252. The Bertz CT molecular complexity index is 589. The molecule has 1 saturated carbocycles. The molecule has 5 heteroatoms. The van der Waals surface area contributed by atoms with Crippen LogP contribution >= 0.6 is 11.6 Å². The molecule has 0 aliphatic heterocycles. The number of nitrogens with one attached hydrogen (secondary N) is 1. The number of benzene rings is 1. The van der Waals surface area contributed by atoms with Crippen molar-refractivity contribution in [3.8, 4) is 11.8 Å². The van der Waals surface area contributed by atoms with Crippen LogP contribution in [-0.2, 0) is 4.79 Å². The molecule has 4 nitrogen and oxygen atoms in total. The van der Waals surface area contributed by atoms with Gasteiger partial charge in [0.25, 0.3) is 5.91 Å². The molecule has 22 heavy (non-hydrogen) atoms. The van der Waals surface area contributed by atoms with E-state index in [1.54, 1.807) is 25.1 Å². The maximum absolute atomic E-state index is 12.3. The molecule has 1 aromatic carbocycles. The van der Waals surface area contributed by atoms with Crippen LogP contribution in [0.5, 0.6) is 5.75 Å². The van der Waals surface area contributed by atoms with Crippen LogP contribution in [0.3, 0.4) is 0 Å². The van der Waals surface area contributed by atoms with Gasteiger partial charge >= 0.3 is 0 Å². The largest absolute Gasteiger partial charge is 0.481 e. The van der Waals surface area contributed by atoms with Crippen molar-refractivity contribution >= 4 is 17.5 Å². The Morgan fingerprint density at radius 3 is 2.68 bits per heavy atom. The fraction of sp³-hybridized carbons (Fsp3) is 0.529. The van der Waals surface area contributed by atoms with Gasteiger partial charge < -0.3 is 10.1 Å². The maximum atomic E-state index is 12.3. The zero-order chi connectivity index (χ0) is 16.2. The average molecular weight is 321 g/mol. The molecule has 1 aromatic rings. The molecule has 0 spiro atoms. The number of aryl methyl sites for hydroxylation is 1. The van der Waals surface area contributed by atoms with E-state index in [2.05, 4.69) is 11.4 Å². The SMILES string of the molecule is Cc1cc(Cl)ccc1OC(C)C(=O)NC1(C#N)CCCCC1. The number of nitrogens with zero attached hydrogens (tertiary/aromatic N) is 1. The van der Waals surface area contributed by atoms with Crippen LogP contribution in [0.25, 0.3) is 0 Å². The lowest BCUT2D eigenvalue weighted by molar-refractivity contribution is -0.129. The Morgan fingerprint density at radius 1 is 1.41 bits per heavy atom. The number of carbonyl (C=O) groups excluding carboxylic acids is 1. The van der Waals surface area contributed by atoms with Gasteiger partial charge in [0.2, 0.25) is 0 Å². The Balaban J connectivity index is 2.01. The van der Waals surface area contributed by atoms with Gasteiger partial charge in [-0.25, -0.2) is 0 Å². The molecule has 1 fully saturated rings. The van der Waals surface area contributed by atoms with Gasteiger partial charge in [-0.2, -0.15) is 5.26 Å². The predicted octanol–water partition coefficient (Wildman–Crippen LogP) is 3.76. The molecule has 1 N–H and O–H groups in total. The van der Waals surface area contributed by atoms with Gasteiger partial charge in [0.15, 0.2) is 6.10 Å². The smallest absolute Gasteiger partial charge is 0.262 e. The lowest BCUT2D eigenvalue weighted by atomic mass is 9.83. The second-order valence-electron chi connectivity index (χ2n) is 5.91.